The van der Waals surface area contributed by atoms with Crippen LogP contribution in [0.3, 0.4) is 0 Å². The summed E-state index contributed by atoms with van der Waals surface area (Å²) in [4.78, 5) is 38.6. The number of carbonyl (C=O) groups excluding carboxylic acids is 2. The Morgan fingerprint density at radius 2 is 1.90 bits per heavy atom. The van der Waals surface area contributed by atoms with Crippen molar-refractivity contribution in [2.75, 3.05) is 29.2 Å². The molecule has 1 aromatic heterocycles. The zero-order valence-corrected chi connectivity index (χ0v) is 16.4. The molecule has 3 rings (SSSR count). The molecule has 1 aliphatic rings. The fraction of sp³-hybridized carbons (Fsp3) is 0.263. The molecule has 9 nitrogen and oxygen atoms in total. The third-order valence-electron chi connectivity index (χ3n) is 4.21. The first-order valence-electron chi connectivity index (χ1n) is 9.10. The molecule has 29 heavy (non-hydrogen) atoms. The summed E-state index contributed by atoms with van der Waals surface area (Å²) in [5.74, 6) is -0.00614. The predicted molar refractivity (Wildman–Crippen MR) is 111 cm³/mol. The number of carbonyl (C=O) groups is 2. The van der Waals surface area contributed by atoms with Crippen molar-refractivity contribution in [3.63, 3.8) is 0 Å². The van der Waals surface area contributed by atoms with E-state index in [0.717, 1.165) is 19.3 Å². The topological polar surface area (TPSA) is 108 Å². The second-order valence-electron chi connectivity index (χ2n) is 6.27. The van der Waals surface area contributed by atoms with E-state index in [1.165, 1.54) is 12.3 Å². The molecule has 0 unspecified atom stereocenters. The lowest BCUT2D eigenvalue weighted by Crippen LogP contribution is -2.37. The van der Waals surface area contributed by atoms with Crippen molar-refractivity contribution in [1.82, 2.24) is 14.9 Å². The van der Waals surface area contributed by atoms with Crippen molar-refractivity contribution < 1.29 is 14.4 Å². The molecule has 2 aromatic rings. The highest BCUT2D eigenvalue weighted by atomic mass is 35.5. The smallest absolute Gasteiger partial charge is 0.337 e. The maximum atomic E-state index is 12.1. The van der Waals surface area contributed by atoms with Crippen LogP contribution in [0.25, 0.3) is 0 Å². The highest BCUT2D eigenvalue weighted by Gasteiger charge is 2.18. The summed E-state index contributed by atoms with van der Waals surface area (Å²) < 4.78 is 0. The van der Waals surface area contributed by atoms with Crippen molar-refractivity contribution in [2.24, 2.45) is 0 Å². The van der Waals surface area contributed by atoms with Gasteiger partial charge in [0.15, 0.2) is 5.82 Å². The van der Waals surface area contributed by atoms with Gasteiger partial charge >= 0.3 is 6.09 Å². The molecule has 1 saturated heterocycles. The average Bonchev–Trinajstić information content (AvgIpc) is 2.75. The number of piperidine rings is 1. The first-order chi connectivity index (χ1) is 14.1. The lowest BCUT2D eigenvalue weighted by atomic mass is 10.1. The highest BCUT2D eigenvalue weighted by Crippen LogP contribution is 2.28. The minimum absolute atomic E-state index is 0.0647. The number of likely N-dealkylation sites (tertiary alicyclic amines) is 1. The van der Waals surface area contributed by atoms with Gasteiger partial charge in [-0.2, -0.15) is 10.5 Å². The van der Waals surface area contributed by atoms with E-state index >= 15 is 0 Å². The van der Waals surface area contributed by atoms with E-state index in [1.807, 2.05) is 0 Å². The van der Waals surface area contributed by atoms with Gasteiger partial charge in [-0.1, -0.05) is 30.3 Å². The molecule has 0 bridgehead atoms. The van der Waals surface area contributed by atoms with Crippen molar-refractivity contribution in [3.05, 3.63) is 48.1 Å². The van der Waals surface area contributed by atoms with E-state index in [-0.39, 0.29) is 22.7 Å². The van der Waals surface area contributed by atoms with Gasteiger partial charge < -0.3 is 20.4 Å². The van der Waals surface area contributed by atoms with Crippen LogP contribution in [0, 0.1) is 0 Å². The highest BCUT2D eigenvalue weighted by molar-refractivity contribution is 6.33. The van der Waals surface area contributed by atoms with Crippen LogP contribution in [-0.4, -0.2) is 40.0 Å². The summed E-state index contributed by atoms with van der Waals surface area (Å²) in [5, 5.41) is 5.99. The number of hydrogen-bond donors (Lipinski definition) is 3. The number of anilines is 4. The molecule has 2 heterocycles. The summed E-state index contributed by atoms with van der Waals surface area (Å²) in [6.07, 6.45) is 5.10. The van der Waals surface area contributed by atoms with E-state index in [1.54, 1.807) is 29.2 Å². The van der Waals surface area contributed by atoms with E-state index in [2.05, 4.69) is 32.7 Å². The quantitative estimate of drug-likeness (QED) is 0.483. The molecule has 0 radical (unpaired) electrons. The number of nitrogens with zero attached hydrogens (tertiary/aromatic N) is 3. The molecule has 1 aromatic carbocycles. The van der Waals surface area contributed by atoms with Crippen LogP contribution in [0.15, 0.2) is 43.1 Å². The minimum atomic E-state index is -0.477. The van der Waals surface area contributed by atoms with Crippen LogP contribution in [0.5, 0.6) is 0 Å². The Morgan fingerprint density at radius 1 is 1.17 bits per heavy atom. The lowest BCUT2D eigenvalue weighted by molar-refractivity contribution is -0.111. The molecule has 1 fully saturated rings. The van der Waals surface area contributed by atoms with Gasteiger partial charge in [-0.15, -0.1) is 0 Å². The van der Waals surface area contributed by atoms with Crippen LogP contribution in [-0.2, 0) is 9.63 Å². The predicted octanol–water partition coefficient (Wildman–Crippen LogP) is 3.95. The summed E-state index contributed by atoms with van der Waals surface area (Å²) >= 11 is 6.18. The summed E-state index contributed by atoms with van der Waals surface area (Å²) in [7, 11) is 0. The Labute approximate surface area is 173 Å². The molecule has 3 N–H and O–H groups in total. The SMILES string of the molecule is C=CC(=O)Nc1ccccc1Nc1nc(NOC(=O)N2CCCCC2)ncc1Cl. The number of aromatic nitrogens is 2. The van der Waals surface area contributed by atoms with Gasteiger partial charge in [-0.3, -0.25) is 4.79 Å². The van der Waals surface area contributed by atoms with Gasteiger partial charge in [0.25, 0.3) is 5.95 Å². The third-order valence-corrected chi connectivity index (χ3v) is 4.49. The van der Waals surface area contributed by atoms with Crippen molar-refractivity contribution in [3.8, 4) is 0 Å². The van der Waals surface area contributed by atoms with Crippen LogP contribution in [0.4, 0.5) is 27.9 Å². The summed E-state index contributed by atoms with van der Waals surface area (Å²) in [5.41, 5.74) is 3.55. The van der Waals surface area contributed by atoms with Gasteiger partial charge in [-0.05, 0) is 37.5 Å². The Bertz CT molecular complexity index is 901. The number of hydrogen-bond acceptors (Lipinski definition) is 7. The summed E-state index contributed by atoms with van der Waals surface area (Å²) in [6.45, 7) is 4.77. The Balaban J connectivity index is 1.69. The molecule has 10 heteroatoms. The van der Waals surface area contributed by atoms with Crippen molar-refractivity contribution in [1.29, 1.82) is 0 Å². The second-order valence-corrected chi connectivity index (χ2v) is 6.68. The standard InChI is InChI=1S/C19H21ClN6O3/c1-2-16(27)22-14-8-4-5-9-15(14)23-17-13(20)12-21-18(24-17)25-29-19(28)26-10-6-3-7-11-26/h2,4-5,8-9,12H,1,3,6-7,10-11H2,(H,22,27)(H2,21,23,24,25). The Hall–Kier alpha value is -3.33. The number of amides is 2. The number of benzene rings is 1. The molecule has 0 aliphatic carbocycles. The van der Waals surface area contributed by atoms with Gasteiger partial charge in [-0.25, -0.2) is 9.78 Å². The zero-order chi connectivity index (χ0) is 20.6. The zero-order valence-electron chi connectivity index (χ0n) is 15.7. The molecular weight excluding hydrogens is 396 g/mol. The lowest BCUT2D eigenvalue weighted by Gasteiger charge is -2.25. The summed E-state index contributed by atoms with van der Waals surface area (Å²) in [6, 6.07) is 7.04. The molecule has 0 spiro atoms. The largest absolute Gasteiger partial charge is 0.434 e. The Morgan fingerprint density at radius 3 is 2.62 bits per heavy atom. The monoisotopic (exact) mass is 416 g/mol. The second kappa shape index (κ2) is 9.74. The fourth-order valence-electron chi connectivity index (χ4n) is 2.75. The molecule has 152 valence electrons. The molecule has 2 amide bonds. The third kappa shape index (κ3) is 5.58. The Kier molecular flexibility index (Phi) is 6.85. The maximum Gasteiger partial charge on any atom is 0.434 e. The van der Waals surface area contributed by atoms with Gasteiger partial charge in [0, 0.05) is 13.1 Å². The first-order valence-corrected chi connectivity index (χ1v) is 9.48. The molecule has 1 aliphatic heterocycles. The maximum absolute atomic E-state index is 12.1. The van der Waals surface area contributed by atoms with Gasteiger partial charge in [0.2, 0.25) is 5.91 Å². The first kappa shape index (κ1) is 20.4. The average molecular weight is 417 g/mol. The van der Waals surface area contributed by atoms with Gasteiger partial charge in [0.1, 0.15) is 5.02 Å². The van der Waals surface area contributed by atoms with Crippen LogP contribution in [0.1, 0.15) is 19.3 Å². The van der Waals surface area contributed by atoms with Crippen LogP contribution < -0.4 is 16.1 Å². The van der Waals surface area contributed by atoms with Crippen molar-refractivity contribution >= 4 is 46.7 Å². The van der Waals surface area contributed by atoms with Gasteiger partial charge in [0.05, 0.1) is 17.6 Å². The molecular formula is C19H21ClN6O3. The van der Waals surface area contributed by atoms with E-state index in [0.29, 0.717) is 24.5 Å². The van der Waals surface area contributed by atoms with Crippen LogP contribution >= 0.6 is 11.6 Å². The van der Waals surface area contributed by atoms with Crippen molar-refractivity contribution in [2.45, 2.75) is 19.3 Å². The number of nitrogens with one attached hydrogen (secondary N) is 3. The number of halogens is 1. The molecule has 0 saturated carbocycles. The van der Waals surface area contributed by atoms with E-state index in [4.69, 9.17) is 16.4 Å². The number of para-hydroxylation sites is 2. The van der Waals surface area contributed by atoms with Crippen LogP contribution in [0.2, 0.25) is 5.02 Å². The number of rotatable bonds is 6. The minimum Gasteiger partial charge on any atom is -0.337 e. The molecule has 0 atom stereocenters. The van der Waals surface area contributed by atoms with E-state index in [9.17, 15) is 9.59 Å². The fourth-order valence-corrected chi connectivity index (χ4v) is 2.89. The normalized spacial score (nSPS) is 13.3. The van der Waals surface area contributed by atoms with E-state index < -0.39 is 6.09 Å².